The average molecular weight is 230 g/mol. The van der Waals surface area contributed by atoms with Gasteiger partial charge in [-0.2, -0.15) is 0 Å². The number of allylic oxidation sites excluding steroid dienone is 5. The Morgan fingerprint density at radius 1 is 1.65 bits per heavy atom. The van der Waals surface area contributed by atoms with Crippen molar-refractivity contribution in [3.8, 4) is 12.3 Å². The zero-order valence-corrected chi connectivity index (χ0v) is 11.0. The zero-order valence-electron chi connectivity index (χ0n) is 11.0. The summed E-state index contributed by atoms with van der Waals surface area (Å²) >= 11 is 0. The standard InChI is InChI=1S/C16H22O/c1-5-14(11-16(17)10-12(2)3)15-8-6-13(4)7-9-15/h1,6,8-10,13-14,16-17H,7,11H2,2-4H3/t13?,14-,16?/m0/s1. The molecule has 1 aliphatic rings. The highest BCUT2D eigenvalue weighted by Gasteiger charge is 2.15. The van der Waals surface area contributed by atoms with Crippen LogP contribution in [0.5, 0.6) is 0 Å². The van der Waals surface area contributed by atoms with E-state index in [2.05, 4.69) is 31.1 Å². The minimum absolute atomic E-state index is 0.0179. The topological polar surface area (TPSA) is 20.2 Å². The fourth-order valence-electron chi connectivity index (χ4n) is 2.00. The molecule has 1 heteroatoms. The van der Waals surface area contributed by atoms with Crippen molar-refractivity contribution < 1.29 is 5.11 Å². The minimum Gasteiger partial charge on any atom is -0.389 e. The Balaban J connectivity index is 2.65. The number of aliphatic hydroxyl groups is 1. The van der Waals surface area contributed by atoms with E-state index in [0.29, 0.717) is 12.3 Å². The Morgan fingerprint density at radius 2 is 2.35 bits per heavy atom. The lowest BCUT2D eigenvalue weighted by Gasteiger charge is -2.19. The SMILES string of the molecule is C#C[C@@H](CC(O)C=C(C)C)C1=CCC(C)C=C1. The van der Waals surface area contributed by atoms with E-state index in [0.717, 1.165) is 12.0 Å². The van der Waals surface area contributed by atoms with Gasteiger partial charge in [0.15, 0.2) is 0 Å². The fourth-order valence-corrected chi connectivity index (χ4v) is 2.00. The summed E-state index contributed by atoms with van der Waals surface area (Å²) in [5.74, 6) is 3.40. The molecule has 17 heavy (non-hydrogen) atoms. The highest BCUT2D eigenvalue weighted by Crippen LogP contribution is 2.25. The van der Waals surface area contributed by atoms with Crippen molar-refractivity contribution in [2.75, 3.05) is 0 Å². The van der Waals surface area contributed by atoms with Crippen LogP contribution in [0.4, 0.5) is 0 Å². The molecule has 0 heterocycles. The molecule has 0 amide bonds. The van der Waals surface area contributed by atoms with Crippen molar-refractivity contribution in [3.05, 3.63) is 35.5 Å². The molecule has 1 aliphatic carbocycles. The Hall–Kier alpha value is -1.26. The molecule has 2 unspecified atom stereocenters. The van der Waals surface area contributed by atoms with Crippen LogP contribution >= 0.6 is 0 Å². The maximum Gasteiger partial charge on any atom is 0.0738 e. The average Bonchev–Trinajstić information content (AvgIpc) is 2.26. The van der Waals surface area contributed by atoms with E-state index in [4.69, 9.17) is 6.42 Å². The summed E-state index contributed by atoms with van der Waals surface area (Å²) in [6.07, 6.45) is 15.1. The molecule has 0 saturated carbocycles. The highest BCUT2D eigenvalue weighted by molar-refractivity contribution is 5.31. The Labute approximate surface area is 105 Å². The minimum atomic E-state index is -0.449. The molecule has 0 saturated heterocycles. The summed E-state index contributed by atoms with van der Waals surface area (Å²) in [6.45, 7) is 6.15. The van der Waals surface area contributed by atoms with Gasteiger partial charge < -0.3 is 5.11 Å². The third-order valence-electron chi connectivity index (χ3n) is 2.95. The van der Waals surface area contributed by atoms with Gasteiger partial charge in [-0.3, -0.25) is 0 Å². The van der Waals surface area contributed by atoms with Crippen LogP contribution in [-0.4, -0.2) is 11.2 Å². The molecule has 0 radical (unpaired) electrons. The predicted octanol–water partition coefficient (Wildman–Crippen LogP) is 3.48. The van der Waals surface area contributed by atoms with Gasteiger partial charge in [0.2, 0.25) is 0 Å². The van der Waals surface area contributed by atoms with Crippen LogP contribution < -0.4 is 0 Å². The van der Waals surface area contributed by atoms with Crippen LogP contribution in [0.3, 0.4) is 0 Å². The normalized spacial score (nSPS) is 22.3. The molecule has 1 N–H and O–H groups in total. The Morgan fingerprint density at radius 3 is 2.82 bits per heavy atom. The van der Waals surface area contributed by atoms with Crippen LogP contribution in [-0.2, 0) is 0 Å². The lowest BCUT2D eigenvalue weighted by atomic mass is 9.87. The van der Waals surface area contributed by atoms with Crippen LogP contribution in [0.15, 0.2) is 35.5 Å². The quantitative estimate of drug-likeness (QED) is 0.579. The molecule has 0 aliphatic heterocycles. The molecule has 3 atom stereocenters. The summed E-state index contributed by atoms with van der Waals surface area (Å²) in [5, 5.41) is 9.88. The van der Waals surface area contributed by atoms with Gasteiger partial charge in [-0.05, 0) is 38.2 Å². The molecule has 1 rings (SSSR count). The number of terminal acetylenes is 1. The molecule has 92 valence electrons. The van der Waals surface area contributed by atoms with Gasteiger partial charge in [0, 0.05) is 5.92 Å². The van der Waals surface area contributed by atoms with E-state index in [-0.39, 0.29) is 5.92 Å². The monoisotopic (exact) mass is 230 g/mol. The molecular formula is C16H22O. The maximum absolute atomic E-state index is 9.88. The van der Waals surface area contributed by atoms with Crippen LogP contribution in [0.25, 0.3) is 0 Å². The molecular weight excluding hydrogens is 208 g/mol. The first kappa shape index (κ1) is 13.8. The van der Waals surface area contributed by atoms with Gasteiger partial charge in [0.05, 0.1) is 6.10 Å². The summed E-state index contributed by atoms with van der Waals surface area (Å²) in [6, 6.07) is 0. The predicted molar refractivity (Wildman–Crippen MR) is 73.4 cm³/mol. The Bertz CT molecular complexity index is 375. The van der Waals surface area contributed by atoms with Gasteiger partial charge in [-0.25, -0.2) is 0 Å². The van der Waals surface area contributed by atoms with Crippen molar-refractivity contribution >= 4 is 0 Å². The third-order valence-corrected chi connectivity index (χ3v) is 2.95. The third kappa shape index (κ3) is 4.63. The first-order valence-corrected chi connectivity index (χ1v) is 6.20. The van der Waals surface area contributed by atoms with Crippen molar-refractivity contribution in [2.24, 2.45) is 11.8 Å². The first-order chi connectivity index (χ1) is 8.02. The van der Waals surface area contributed by atoms with E-state index in [1.54, 1.807) is 0 Å². The van der Waals surface area contributed by atoms with E-state index < -0.39 is 6.10 Å². The number of rotatable bonds is 4. The zero-order chi connectivity index (χ0) is 12.8. The van der Waals surface area contributed by atoms with Gasteiger partial charge in [-0.1, -0.05) is 42.7 Å². The second kappa shape index (κ2) is 6.47. The lowest BCUT2D eigenvalue weighted by molar-refractivity contribution is 0.203. The largest absolute Gasteiger partial charge is 0.389 e. The molecule has 0 spiro atoms. The number of hydrogen-bond donors (Lipinski definition) is 1. The van der Waals surface area contributed by atoms with Gasteiger partial charge >= 0.3 is 0 Å². The lowest BCUT2D eigenvalue weighted by Crippen LogP contribution is -2.13. The van der Waals surface area contributed by atoms with E-state index in [9.17, 15) is 5.11 Å². The Kier molecular flexibility index (Phi) is 5.25. The highest BCUT2D eigenvalue weighted by atomic mass is 16.3. The molecule has 0 aromatic carbocycles. The van der Waals surface area contributed by atoms with Crippen LogP contribution in [0.1, 0.15) is 33.6 Å². The van der Waals surface area contributed by atoms with E-state index in [1.807, 2.05) is 19.9 Å². The second-order valence-electron chi connectivity index (χ2n) is 5.04. The van der Waals surface area contributed by atoms with Crippen molar-refractivity contribution in [2.45, 2.75) is 39.7 Å². The van der Waals surface area contributed by atoms with Crippen molar-refractivity contribution in [1.29, 1.82) is 0 Å². The summed E-state index contributed by atoms with van der Waals surface area (Å²) in [7, 11) is 0. The van der Waals surface area contributed by atoms with Crippen LogP contribution in [0.2, 0.25) is 0 Å². The summed E-state index contributed by atoms with van der Waals surface area (Å²) < 4.78 is 0. The van der Waals surface area contributed by atoms with E-state index in [1.165, 1.54) is 5.57 Å². The fraction of sp³-hybridized carbons (Fsp3) is 0.500. The molecule has 1 nitrogen and oxygen atoms in total. The molecule has 0 aromatic heterocycles. The van der Waals surface area contributed by atoms with Crippen molar-refractivity contribution in [1.82, 2.24) is 0 Å². The first-order valence-electron chi connectivity index (χ1n) is 6.20. The number of aliphatic hydroxyl groups excluding tert-OH is 1. The molecule has 0 bridgehead atoms. The van der Waals surface area contributed by atoms with E-state index >= 15 is 0 Å². The maximum atomic E-state index is 9.88. The molecule has 0 fully saturated rings. The number of hydrogen-bond acceptors (Lipinski definition) is 1. The summed E-state index contributed by atoms with van der Waals surface area (Å²) in [4.78, 5) is 0. The summed E-state index contributed by atoms with van der Waals surface area (Å²) in [5.41, 5.74) is 2.29. The van der Waals surface area contributed by atoms with Crippen molar-refractivity contribution in [3.63, 3.8) is 0 Å². The second-order valence-corrected chi connectivity index (χ2v) is 5.04. The van der Waals surface area contributed by atoms with Crippen LogP contribution in [0, 0.1) is 24.2 Å². The smallest absolute Gasteiger partial charge is 0.0738 e. The van der Waals surface area contributed by atoms with Gasteiger partial charge in [0.25, 0.3) is 0 Å². The van der Waals surface area contributed by atoms with Gasteiger partial charge in [-0.15, -0.1) is 6.42 Å². The van der Waals surface area contributed by atoms with Gasteiger partial charge in [0.1, 0.15) is 0 Å². The molecule has 0 aromatic rings.